The van der Waals surface area contributed by atoms with Crippen LogP contribution < -0.4 is 5.32 Å². The van der Waals surface area contributed by atoms with E-state index in [1.165, 1.54) is 41.8 Å². The van der Waals surface area contributed by atoms with Crippen LogP contribution in [0.25, 0.3) is 0 Å². The summed E-state index contributed by atoms with van der Waals surface area (Å²) in [6.45, 7) is 7.05. The van der Waals surface area contributed by atoms with Crippen molar-refractivity contribution in [2.75, 3.05) is 20.3 Å². The predicted octanol–water partition coefficient (Wildman–Crippen LogP) is 3.80. The maximum atomic E-state index is 5.03. The summed E-state index contributed by atoms with van der Waals surface area (Å²) in [4.78, 5) is 4.69. The second kappa shape index (κ2) is 8.76. The molecular formula is C17H28N2OS. The summed E-state index contributed by atoms with van der Waals surface area (Å²) >= 11 is 1.98. The van der Waals surface area contributed by atoms with Crippen LogP contribution in [0.5, 0.6) is 0 Å². The van der Waals surface area contributed by atoms with Gasteiger partial charge < -0.3 is 10.1 Å². The van der Waals surface area contributed by atoms with Crippen LogP contribution in [0.1, 0.15) is 43.7 Å². The summed E-state index contributed by atoms with van der Waals surface area (Å²) in [5.74, 6) is 0.876. The first-order valence-electron chi connectivity index (χ1n) is 8.01. The number of ether oxygens (including phenoxy) is 1. The fraction of sp³-hybridized carbons (Fsp3) is 0.706. The maximum absolute atomic E-state index is 5.03. The lowest BCUT2D eigenvalue weighted by atomic mass is 9.91. The van der Waals surface area contributed by atoms with Crippen molar-refractivity contribution in [3.63, 3.8) is 0 Å². The number of hydrogen-bond acceptors (Lipinski definition) is 4. The molecule has 2 atom stereocenters. The van der Waals surface area contributed by atoms with Gasteiger partial charge in [0.1, 0.15) is 0 Å². The fourth-order valence-electron chi connectivity index (χ4n) is 2.89. The van der Waals surface area contributed by atoms with Crippen molar-refractivity contribution in [2.24, 2.45) is 5.92 Å². The number of nitrogens with zero attached hydrogens (tertiary/aromatic N) is 1. The minimum Gasteiger partial charge on any atom is -0.383 e. The second-order valence-corrected chi connectivity index (χ2v) is 7.44. The summed E-state index contributed by atoms with van der Waals surface area (Å²) in [5, 5.41) is 5.34. The molecular weight excluding hydrogens is 280 g/mol. The lowest BCUT2D eigenvalue weighted by Crippen LogP contribution is -2.19. The highest BCUT2D eigenvalue weighted by Crippen LogP contribution is 2.36. The van der Waals surface area contributed by atoms with Gasteiger partial charge in [0.25, 0.3) is 0 Å². The summed E-state index contributed by atoms with van der Waals surface area (Å²) in [5.41, 5.74) is 2.56. The number of aryl methyl sites for hydroxylation is 1. The van der Waals surface area contributed by atoms with E-state index in [-0.39, 0.29) is 0 Å². The third kappa shape index (κ3) is 5.61. The van der Waals surface area contributed by atoms with E-state index < -0.39 is 0 Å². The summed E-state index contributed by atoms with van der Waals surface area (Å²) in [6.07, 6.45) is 7.47. The minimum atomic E-state index is 0.750. The molecule has 1 saturated carbocycles. The molecule has 1 heterocycles. The molecule has 1 aliphatic rings. The lowest BCUT2D eigenvalue weighted by Gasteiger charge is -2.26. The second-order valence-electron chi connectivity index (χ2n) is 6.15. The smallest absolute Gasteiger partial charge is 0.0991 e. The molecule has 0 radical (unpaired) electrons. The van der Waals surface area contributed by atoms with E-state index in [1.54, 1.807) is 7.11 Å². The van der Waals surface area contributed by atoms with Crippen LogP contribution in [0.15, 0.2) is 17.3 Å². The van der Waals surface area contributed by atoms with Crippen LogP contribution in [-0.4, -0.2) is 30.5 Å². The molecule has 2 rings (SSSR count). The Kier molecular flexibility index (Phi) is 7.00. The quantitative estimate of drug-likeness (QED) is 0.777. The first-order chi connectivity index (χ1) is 10.2. The van der Waals surface area contributed by atoms with Crippen LogP contribution in [0.3, 0.4) is 0 Å². The van der Waals surface area contributed by atoms with Gasteiger partial charge in [-0.3, -0.25) is 0 Å². The van der Waals surface area contributed by atoms with E-state index in [9.17, 15) is 0 Å². The molecule has 0 aliphatic heterocycles. The number of rotatable bonds is 7. The van der Waals surface area contributed by atoms with Gasteiger partial charge in [0.2, 0.25) is 0 Å². The Bertz CT molecular complexity index is 439. The van der Waals surface area contributed by atoms with E-state index in [1.807, 2.05) is 18.0 Å². The van der Waals surface area contributed by atoms with Crippen LogP contribution in [0.4, 0.5) is 0 Å². The Morgan fingerprint density at radius 3 is 3.00 bits per heavy atom. The van der Waals surface area contributed by atoms with Gasteiger partial charge in [-0.15, -0.1) is 11.8 Å². The Morgan fingerprint density at radius 1 is 1.43 bits per heavy atom. The van der Waals surface area contributed by atoms with Gasteiger partial charge in [-0.1, -0.05) is 25.8 Å². The van der Waals surface area contributed by atoms with Crippen LogP contribution in [-0.2, 0) is 11.3 Å². The first kappa shape index (κ1) is 16.8. The Balaban J connectivity index is 1.86. The van der Waals surface area contributed by atoms with Crippen molar-refractivity contribution in [1.82, 2.24) is 10.3 Å². The monoisotopic (exact) mass is 308 g/mol. The van der Waals surface area contributed by atoms with Gasteiger partial charge in [-0.05, 0) is 36.8 Å². The van der Waals surface area contributed by atoms with Crippen molar-refractivity contribution >= 4 is 11.8 Å². The Hall–Kier alpha value is -0.580. The largest absolute Gasteiger partial charge is 0.383 e. The van der Waals surface area contributed by atoms with E-state index in [4.69, 9.17) is 4.74 Å². The van der Waals surface area contributed by atoms with Crippen LogP contribution in [0, 0.1) is 12.8 Å². The zero-order valence-electron chi connectivity index (χ0n) is 13.5. The van der Waals surface area contributed by atoms with Gasteiger partial charge in [0, 0.05) is 31.6 Å². The van der Waals surface area contributed by atoms with Crippen molar-refractivity contribution in [3.8, 4) is 0 Å². The van der Waals surface area contributed by atoms with Gasteiger partial charge in [0.15, 0.2) is 0 Å². The zero-order valence-corrected chi connectivity index (χ0v) is 14.3. The number of thioether (sulfide) groups is 1. The van der Waals surface area contributed by atoms with E-state index in [2.05, 4.69) is 30.2 Å². The molecule has 1 N–H and O–H groups in total. The number of methoxy groups -OCH3 is 1. The molecule has 0 spiro atoms. The maximum Gasteiger partial charge on any atom is 0.0991 e. The van der Waals surface area contributed by atoms with E-state index in [0.717, 1.165) is 30.9 Å². The molecule has 1 aromatic heterocycles. The number of aromatic nitrogens is 1. The number of hydrogen-bond donors (Lipinski definition) is 1. The summed E-state index contributed by atoms with van der Waals surface area (Å²) in [7, 11) is 1.73. The molecule has 0 amide bonds. The molecule has 118 valence electrons. The van der Waals surface area contributed by atoms with Crippen molar-refractivity contribution in [1.29, 1.82) is 0 Å². The first-order valence-corrected chi connectivity index (χ1v) is 8.89. The van der Waals surface area contributed by atoms with Gasteiger partial charge in [-0.25, -0.2) is 4.98 Å². The third-order valence-corrected chi connectivity index (χ3v) is 5.48. The van der Waals surface area contributed by atoms with Gasteiger partial charge in [-0.2, -0.15) is 0 Å². The lowest BCUT2D eigenvalue weighted by molar-refractivity contribution is 0.199. The summed E-state index contributed by atoms with van der Waals surface area (Å²) in [6, 6.07) is 2.27. The molecule has 1 aromatic rings. The average molecular weight is 308 g/mol. The minimum absolute atomic E-state index is 0.750. The fourth-order valence-corrected chi connectivity index (χ4v) is 4.27. The molecule has 0 saturated heterocycles. The normalized spacial score (nSPS) is 22.4. The Morgan fingerprint density at radius 2 is 2.29 bits per heavy atom. The van der Waals surface area contributed by atoms with Crippen molar-refractivity contribution in [3.05, 3.63) is 23.4 Å². The SMILES string of the molecule is COCCNCc1cnc(SC2CCCC(C)C2)c(C)c1. The highest BCUT2D eigenvalue weighted by Gasteiger charge is 2.20. The molecule has 4 heteroatoms. The molecule has 0 aromatic carbocycles. The number of pyridine rings is 1. The highest BCUT2D eigenvalue weighted by molar-refractivity contribution is 7.99. The average Bonchev–Trinajstić information content (AvgIpc) is 2.46. The van der Waals surface area contributed by atoms with Gasteiger partial charge in [0.05, 0.1) is 11.6 Å². The van der Waals surface area contributed by atoms with Crippen LogP contribution >= 0.6 is 11.8 Å². The molecule has 1 aliphatic carbocycles. The topological polar surface area (TPSA) is 34.1 Å². The van der Waals surface area contributed by atoms with Crippen LogP contribution in [0.2, 0.25) is 0 Å². The van der Waals surface area contributed by atoms with E-state index >= 15 is 0 Å². The molecule has 1 fully saturated rings. The summed E-state index contributed by atoms with van der Waals surface area (Å²) < 4.78 is 5.03. The molecule has 0 bridgehead atoms. The van der Waals surface area contributed by atoms with Crippen molar-refractivity contribution < 1.29 is 4.74 Å². The molecule has 2 unspecified atom stereocenters. The van der Waals surface area contributed by atoms with E-state index in [0.29, 0.717) is 0 Å². The van der Waals surface area contributed by atoms with Crippen molar-refractivity contribution in [2.45, 2.75) is 56.4 Å². The highest BCUT2D eigenvalue weighted by atomic mass is 32.2. The zero-order chi connectivity index (χ0) is 15.1. The number of nitrogens with one attached hydrogen (secondary N) is 1. The molecule has 3 nitrogen and oxygen atoms in total. The molecule has 21 heavy (non-hydrogen) atoms. The Labute approximate surface area is 133 Å². The third-order valence-electron chi connectivity index (χ3n) is 4.07. The standard InChI is InChI=1S/C17H28N2OS/c1-13-5-4-6-16(9-13)21-17-14(2)10-15(12-19-17)11-18-7-8-20-3/h10,12-13,16,18H,4-9,11H2,1-3H3. The predicted molar refractivity (Wildman–Crippen MR) is 89.8 cm³/mol. The van der Waals surface area contributed by atoms with Gasteiger partial charge >= 0.3 is 0 Å².